The number of nitrogens with one attached hydrogen (secondary N) is 2. The number of benzene rings is 3. The number of alkyl halides is 1. The van der Waals surface area contributed by atoms with Gasteiger partial charge in [-0.05, 0) is 66.9 Å². The zero-order chi connectivity index (χ0) is 27.0. The van der Waals surface area contributed by atoms with E-state index in [1.807, 2.05) is 13.0 Å². The molecule has 2 N–H and O–H groups in total. The van der Waals surface area contributed by atoms with Crippen molar-refractivity contribution in [3.05, 3.63) is 101 Å². The number of aromatic amines is 1. The maximum absolute atomic E-state index is 13.4. The van der Waals surface area contributed by atoms with Gasteiger partial charge in [0.25, 0.3) is 15.9 Å². The summed E-state index contributed by atoms with van der Waals surface area (Å²) in [5.74, 6) is -0.777. The zero-order valence-corrected chi connectivity index (χ0v) is 21.8. The van der Waals surface area contributed by atoms with Gasteiger partial charge >= 0.3 is 5.69 Å². The minimum atomic E-state index is -4.18. The number of rotatable bonds is 6. The molecule has 1 atom stereocenters. The molecule has 3 aromatic carbocycles. The zero-order valence-electron chi connectivity index (χ0n) is 20.2. The summed E-state index contributed by atoms with van der Waals surface area (Å²) in [7, 11) is -4.18. The molecule has 1 unspecified atom stereocenters. The Morgan fingerprint density at radius 3 is 2.45 bits per heavy atom. The summed E-state index contributed by atoms with van der Waals surface area (Å²) in [4.78, 5) is 41.6. The monoisotopic (exact) mass is 550 g/mol. The van der Waals surface area contributed by atoms with Gasteiger partial charge < -0.3 is 15.2 Å². The minimum Gasteiger partial charge on any atom is -0.325 e. The van der Waals surface area contributed by atoms with E-state index in [4.69, 9.17) is 11.6 Å². The fourth-order valence-corrected chi connectivity index (χ4v) is 5.88. The third kappa shape index (κ3) is 4.64. The van der Waals surface area contributed by atoms with Crippen LogP contribution in [0.1, 0.15) is 22.8 Å². The second-order valence-electron chi connectivity index (χ2n) is 8.92. The number of carbonyl (C=O) groups is 2. The van der Waals surface area contributed by atoms with Gasteiger partial charge in [-0.15, -0.1) is 11.6 Å². The number of carbonyl (C=O) groups excluding carboxylic acids is 2. The van der Waals surface area contributed by atoms with Gasteiger partial charge in [-0.1, -0.05) is 30.3 Å². The van der Waals surface area contributed by atoms with Crippen LogP contribution >= 0.6 is 11.6 Å². The standard InChI is InChI=1S/C27H23ClN4O5S/c1-17-13-20-14-22(38(36,37)31-16-23(30-27(31)35)18-5-3-2-4-6-18)11-12-24(20)32(17)26(34)19-7-9-21(10-8-19)29-25(33)15-28/h2-12,14,16-17H,13,15H2,1H3,(H,29,33)(H,30,35). The number of nitrogens with zero attached hydrogens (tertiary/aromatic N) is 2. The molecule has 2 amide bonds. The molecule has 4 aromatic rings. The van der Waals surface area contributed by atoms with Crippen LogP contribution < -0.4 is 15.9 Å². The highest BCUT2D eigenvalue weighted by Gasteiger charge is 2.33. The molecule has 2 heterocycles. The topological polar surface area (TPSA) is 121 Å². The highest BCUT2D eigenvalue weighted by Crippen LogP contribution is 2.35. The van der Waals surface area contributed by atoms with Crippen LogP contribution in [0.25, 0.3) is 11.3 Å². The Labute approximate surface area is 223 Å². The molecule has 0 fully saturated rings. The van der Waals surface area contributed by atoms with Crippen molar-refractivity contribution < 1.29 is 18.0 Å². The van der Waals surface area contributed by atoms with E-state index in [0.29, 0.717) is 44.2 Å². The summed E-state index contributed by atoms with van der Waals surface area (Å²) in [6.45, 7) is 1.88. The van der Waals surface area contributed by atoms with Crippen molar-refractivity contribution in [3.63, 3.8) is 0 Å². The molecular formula is C27H23ClN4O5S. The van der Waals surface area contributed by atoms with E-state index in [9.17, 15) is 22.8 Å². The number of fused-ring (bicyclic) bond motifs is 1. The molecule has 0 aliphatic carbocycles. The van der Waals surface area contributed by atoms with Crippen molar-refractivity contribution in [3.8, 4) is 11.3 Å². The Bertz CT molecular complexity index is 1700. The average Bonchev–Trinajstić information content (AvgIpc) is 3.48. The molecule has 0 bridgehead atoms. The summed E-state index contributed by atoms with van der Waals surface area (Å²) < 4.78 is 27.4. The quantitative estimate of drug-likeness (QED) is 0.353. The number of hydrogen-bond acceptors (Lipinski definition) is 5. The summed E-state index contributed by atoms with van der Waals surface area (Å²) in [5.41, 5.74) is 2.53. The maximum atomic E-state index is 13.4. The number of anilines is 2. The SMILES string of the molecule is CC1Cc2cc(S(=O)(=O)n3cc(-c4ccccc4)[nH]c3=O)ccc2N1C(=O)c1ccc(NC(=O)CCl)cc1. The van der Waals surface area contributed by atoms with Crippen molar-refractivity contribution in [1.82, 2.24) is 8.96 Å². The van der Waals surface area contributed by atoms with Crippen molar-refractivity contribution in [2.75, 3.05) is 16.1 Å². The normalized spacial score (nSPS) is 14.8. The van der Waals surface area contributed by atoms with E-state index in [0.717, 1.165) is 0 Å². The van der Waals surface area contributed by atoms with E-state index in [-0.39, 0.29) is 28.6 Å². The van der Waals surface area contributed by atoms with Crippen LogP contribution in [-0.2, 0) is 21.2 Å². The van der Waals surface area contributed by atoms with Crippen molar-refractivity contribution >= 4 is 44.8 Å². The van der Waals surface area contributed by atoms with Crippen LogP contribution in [0.2, 0.25) is 0 Å². The van der Waals surface area contributed by atoms with Crippen LogP contribution in [0.15, 0.2) is 88.7 Å². The third-order valence-corrected chi connectivity index (χ3v) is 8.23. The van der Waals surface area contributed by atoms with E-state index >= 15 is 0 Å². The number of halogens is 1. The van der Waals surface area contributed by atoms with Crippen molar-refractivity contribution in [2.24, 2.45) is 0 Å². The Hall–Kier alpha value is -4.15. The molecule has 1 aliphatic rings. The van der Waals surface area contributed by atoms with Gasteiger partial charge in [0.1, 0.15) is 5.88 Å². The smallest absolute Gasteiger partial charge is 0.325 e. The largest absolute Gasteiger partial charge is 0.340 e. The molecule has 38 heavy (non-hydrogen) atoms. The lowest BCUT2D eigenvalue weighted by molar-refractivity contribution is -0.113. The van der Waals surface area contributed by atoms with Crippen LogP contribution in [0.5, 0.6) is 0 Å². The van der Waals surface area contributed by atoms with E-state index < -0.39 is 15.7 Å². The second-order valence-corrected chi connectivity index (χ2v) is 11.0. The molecule has 9 nitrogen and oxygen atoms in total. The Kier molecular flexibility index (Phi) is 6.68. The Morgan fingerprint density at radius 2 is 1.76 bits per heavy atom. The summed E-state index contributed by atoms with van der Waals surface area (Å²) in [6.07, 6.45) is 1.73. The molecule has 0 radical (unpaired) electrons. The number of aromatic nitrogens is 2. The van der Waals surface area contributed by atoms with Crippen molar-refractivity contribution in [1.29, 1.82) is 0 Å². The predicted molar refractivity (Wildman–Crippen MR) is 145 cm³/mol. The predicted octanol–water partition coefficient (Wildman–Crippen LogP) is 3.85. The molecular weight excluding hydrogens is 528 g/mol. The maximum Gasteiger partial charge on any atom is 0.340 e. The molecule has 1 aromatic heterocycles. The fourth-order valence-electron chi connectivity index (χ4n) is 4.54. The average molecular weight is 551 g/mol. The third-order valence-electron chi connectivity index (χ3n) is 6.35. The molecule has 0 saturated carbocycles. The molecule has 5 rings (SSSR count). The fraction of sp³-hybridized carbons (Fsp3) is 0.148. The highest BCUT2D eigenvalue weighted by molar-refractivity contribution is 7.90. The summed E-state index contributed by atoms with van der Waals surface area (Å²) in [6, 6.07) is 19.7. The van der Waals surface area contributed by atoms with Gasteiger partial charge in [-0.2, -0.15) is 3.97 Å². The van der Waals surface area contributed by atoms with Gasteiger partial charge in [0.05, 0.1) is 16.8 Å². The first-order valence-electron chi connectivity index (χ1n) is 11.7. The van der Waals surface area contributed by atoms with Gasteiger partial charge in [0.2, 0.25) is 5.91 Å². The van der Waals surface area contributed by atoms with Crippen LogP contribution in [0.3, 0.4) is 0 Å². The minimum absolute atomic E-state index is 0.0437. The van der Waals surface area contributed by atoms with E-state index in [1.54, 1.807) is 59.5 Å². The first kappa shape index (κ1) is 25.5. The lowest BCUT2D eigenvalue weighted by Gasteiger charge is -2.23. The van der Waals surface area contributed by atoms with Gasteiger partial charge in [0.15, 0.2) is 0 Å². The molecule has 0 spiro atoms. The van der Waals surface area contributed by atoms with Gasteiger partial charge in [-0.25, -0.2) is 13.2 Å². The van der Waals surface area contributed by atoms with Gasteiger partial charge in [-0.3, -0.25) is 9.59 Å². The van der Waals surface area contributed by atoms with Gasteiger partial charge in [0, 0.05) is 23.0 Å². The molecule has 0 saturated heterocycles. The second kappa shape index (κ2) is 9.96. The first-order chi connectivity index (χ1) is 18.2. The molecule has 194 valence electrons. The van der Waals surface area contributed by atoms with Crippen LogP contribution in [0.4, 0.5) is 11.4 Å². The van der Waals surface area contributed by atoms with Crippen molar-refractivity contribution in [2.45, 2.75) is 24.3 Å². The lowest BCUT2D eigenvalue weighted by atomic mass is 10.1. The first-order valence-corrected chi connectivity index (χ1v) is 13.7. The Morgan fingerprint density at radius 1 is 1.05 bits per heavy atom. The van der Waals surface area contributed by atoms with E-state index in [1.165, 1.54) is 18.3 Å². The lowest BCUT2D eigenvalue weighted by Crippen LogP contribution is -2.35. The highest BCUT2D eigenvalue weighted by atomic mass is 35.5. The molecule has 11 heteroatoms. The summed E-state index contributed by atoms with van der Waals surface area (Å²) >= 11 is 5.51. The Balaban J connectivity index is 1.43. The van der Waals surface area contributed by atoms with E-state index in [2.05, 4.69) is 10.3 Å². The molecule has 1 aliphatic heterocycles. The number of H-pyrrole nitrogens is 1. The number of amides is 2. The van der Waals surface area contributed by atoms with Crippen LogP contribution in [0, 0.1) is 0 Å². The summed E-state index contributed by atoms with van der Waals surface area (Å²) in [5, 5.41) is 2.62. The number of hydrogen-bond donors (Lipinski definition) is 2. The van der Waals surface area contributed by atoms with Crippen LogP contribution in [-0.4, -0.2) is 41.1 Å². The number of imidazole rings is 1.